The van der Waals surface area contributed by atoms with Gasteiger partial charge in [-0.1, -0.05) is 24.3 Å². The molecule has 0 radical (unpaired) electrons. The molecule has 4 rings (SSSR count). The number of ether oxygens (including phenoxy) is 3. The number of carbonyl (C=O) groups excluding carboxylic acids is 1. The number of methoxy groups -OCH3 is 2. The van der Waals surface area contributed by atoms with E-state index in [1.165, 1.54) is 7.11 Å². The molecule has 0 saturated carbocycles. The lowest BCUT2D eigenvalue weighted by Gasteiger charge is -2.12. The molecule has 1 heterocycles. The zero-order valence-electron chi connectivity index (χ0n) is 17.1. The molecule has 3 aromatic carbocycles. The van der Waals surface area contributed by atoms with Crippen LogP contribution in [0.5, 0.6) is 11.5 Å². The summed E-state index contributed by atoms with van der Waals surface area (Å²) in [5, 5.41) is 0.441. The van der Waals surface area contributed by atoms with E-state index >= 15 is 0 Å². The Morgan fingerprint density at radius 2 is 1.61 bits per heavy atom. The number of fused-ring (bicyclic) bond motifs is 1. The average Bonchev–Trinajstić information content (AvgIpc) is 2.83. The van der Waals surface area contributed by atoms with Crippen molar-refractivity contribution in [2.75, 3.05) is 14.2 Å². The van der Waals surface area contributed by atoms with Gasteiger partial charge >= 0.3 is 5.97 Å². The minimum atomic E-state index is -0.413. The Balaban J connectivity index is 1.72. The van der Waals surface area contributed by atoms with Gasteiger partial charge in [0.15, 0.2) is 5.76 Å². The van der Waals surface area contributed by atoms with Crippen LogP contribution in [0.4, 0.5) is 0 Å². The van der Waals surface area contributed by atoms with E-state index in [-0.39, 0.29) is 17.8 Å². The van der Waals surface area contributed by atoms with Crippen LogP contribution in [0, 0.1) is 0 Å². The summed E-state index contributed by atoms with van der Waals surface area (Å²) in [6.07, 6.45) is 0. The molecule has 6 heteroatoms. The first-order chi connectivity index (χ1) is 15.1. The fraction of sp³-hybridized carbons (Fsp3) is 0.120. The number of hydrogen-bond acceptors (Lipinski definition) is 6. The van der Waals surface area contributed by atoms with E-state index in [4.69, 9.17) is 18.6 Å². The number of rotatable bonds is 6. The number of benzene rings is 3. The molecule has 0 aliphatic rings. The van der Waals surface area contributed by atoms with Crippen LogP contribution in [0.3, 0.4) is 0 Å². The van der Waals surface area contributed by atoms with Gasteiger partial charge in [0.2, 0.25) is 11.2 Å². The molecule has 0 aliphatic carbocycles. The third kappa shape index (κ3) is 4.14. The van der Waals surface area contributed by atoms with Crippen molar-refractivity contribution in [1.29, 1.82) is 0 Å². The molecule has 0 N–H and O–H groups in total. The van der Waals surface area contributed by atoms with Gasteiger partial charge in [-0.3, -0.25) is 4.79 Å². The molecule has 0 fully saturated rings. The van der Waals surface area contributed by atoms with Crippen molar-refractivity contribution in [1.82, 2.24) is 0 Å². The Kier molecular flexibility index (Phi) is 5.71. The molecule has 31 heavy (non-hydrogen) atoms. The first kappa shape index (κ1) is 20.2. The van der Waals surface area contributed by atoms with Gasteiger partial charge in [0.1, 0.15) is 17.9 Å². The minimum absolute atomic E-state index is 0.126. The molecule has 0 spiro atoms. The van der Waals surface area contributed by atoms with Crippen molar-refractivity contribution in [3.8, 4) is 22.8 Å². The van der Waals surface area contributed by atoms with Gasteiger partial charge in [-0.05, 0) is 54.1 Å². The Morgan fingerprint density at radius 1 is 0.903 bits per heavy atom. The van der Waals surface area contributed by atoms with Crippen molar-refractivity contribution < 1.29 is 23.4 Å². The maximum Gasteiger partial charge on any atom is 0.337 e. The largest absolute Gasteiger partial charge is 0.497 e. The van der Waals surface area contributed by atoms with Gasteiger partial charge in [-0.2, -0.15) is 0 Å². The fourth-order valence-corrected chi connectivity index (χ4v) is 3.20. The second-order valence-electron chi connectivity index (χ2n) is 6.79. The van der Waals surface area contributed by atoms with E-state index in [0.717, 1.165) is 5.56 Å². The smallest absolute Gasteiger partial charge is 0.337 e. The van der Waals surface area contributed by atoms with Crippen LogP contribution in [0.1, 0.15) is 15.9 Å². The van der Waals surface area contributed by atoms with E-state index in [2.05, 4.69) is 0 Å². The molecule has 0 aliphatic heterocycles. The van der Waals surface area contributed by atoms with Crippen molar-refractivity contribution in [3.05, 3.63) is 94.1 Å². The predicted octanol–water partition coefficient (Wildman–Crippen LogP) is 4.83. The molecular weight excluding hydrogens is 396 g/mol. The second kappa shape index (κ2) is 8.75. The molecule has 0 saturated heterocycles. The van der Waals surface area contributed by atoms with E-state index in [0.29, 0.717) is 33.6 Å². The molecule has 156 valence electrons. The van der Waals surface area contributed by atoms with Crippen LogP contribution < -0.4 is 14.9 Å². The molecule has 0 atom stereocenters. The van der Waals surface area contributed by atoms with Crippen LogP contribution in [0.25, 0.3) is 22.3 Å². The highest BCUT2D eigenvalue weighted by atomic mass is 16.5. The summed E-state index contributed by atoms with van der Waals surface area (Å²) >= 11 is 0. The monoisotopic (exact) mass is 416 g/mol. The third-order valence-corrected chi connectivity index (χ3v) is 4.87. The highest BCUT2D eigenvalue weighted by Crippen LogP contribution is 2.32. The quantitative estimate of drug-likeness (QED) is 0.419. The topological polar surface area (TPSA) is 75.0 Å². The lowest BCUT2D eigenvalue weighted by molar-refractivity contribution is 0.0600. The summed E-state index contributed by atoms with van der Waals surface area (Å²) in [6.45, 7) is 0.133. The zero-order chi connectivity index (χ0) is 21.8. The lowest BCUT2D eigenvalue weighted by Crippen LogP contribution is -2.10. The van der Waals surface area contributed by atoms with Crippen molar-refractivity contribution in [2.45, 2.75) is 6.61 Å². The maximum atomic E-state index is 13.2. The molecular formula is C25H20O6. The zero-order valence-corrected chi connectivity index (χ0v) is 17.1. The highest BCUT2D eigenvalue weighted by molar-refractivity contribution is 5.89. The second-order valence-corrected chi connectivity index (χ2v) is 6.79. The predicted molar refractivity (Wildman–Crippen MR) is 117 cm³/mol. The summed E-state index contributed by atoms with van der Waals surface area (Å²) in [7, 11) is 2.92. The molecule has 0 amide bonds. The van der Waals surface area contributed by atoms with Gasteiger partial charge in [0, 0.05) is 5.56 Å². The normalized spacial score (nSPS) is 10.6. The van der Waals surface area contributed by atoms with Gasteiger partial charge < -0.3 is 18.6 Å². The Labute approximate surface area is 178 Å². The van der Waals surface area contributed by atoms with E-state index in [1.807, 2.05) is 18.2 Å². The molecule has 0 unspecified atom stereocenters. The van der Waals surface area contributed by atoms with E-state index in [9.17, 15) is 9.59 Å². The highest BCUT2D eigenvalue weighted by Gasteiger charge is 2.18. The Hall–Kier alpha value is -4.06. The third-order valence-electron chi connectivity index (χ3n) is 4.87. The molecule has 0 bridgehead atoms. The summed E-state index contributed by atoms with van der Waals surface area (Å²) < 4.78 is 21.9. The van der Waals surface area contributed by atoms with Gasteiger partial charge in [-0.25, -0.2) is 4.79 Å². The summed E-state index contributed by atoms with van der Waals surface area (Å²) in [4.78, 5) is 24.8. The van der Waals surface area contributed by atoms with Crippen LogP contribution in [-0.2, 0) is 11.3 Å². The van der Waals surface area contributed by atoms with Crippen LogP contribution >= 0.6 is 0 Å². The first-order valence-corrected chi connectivity index (χ1v) is 9.61. The first-order valence-electron chi connectivity index (χ1n) is 9.61. The average molecular weight is 416 g/mol. The van der Waals surface area contributed by atoms with E-state index in [1.54, 1.807) is 61.7 Å². The Bertz CT molecular complexity index is 1270. The molecule has 1 aromatic heterocycles. The van der Waals surface area contributed by atoms with Crippen molar-refractivity contribution in [2.24, 2.45) is 0 Å². The SMILES string of the molecule is COC(=O)c1ccc(COc2c(-c3ccc(OC)cc3)oc3ccccc3c2=O)cc1. The van der Waals surface area contributed by atoms with E-state index < -0.39 is 5.97 Å². The molecule has 6 nitrogen and oxygen atoms in total. The van der Waals surface area contributed by atoms with Gasteiger partial charge in [0.25, 0.3) is 0 Å². The van der Waals surface area contributed by atoms with Crippen LogP contribution in [0.15, 0.2) is 82.0 Å². The van der Waals surface area contributed by atoms with Crippen LogP contribution in [-0.4, -0.2) is 20.2 Å². The van der Waals surface area contributed by atoms with Crippen LogP contribution in [0.2, 0.25) is 0 Å². The number of hydrogen-bond donors (Lipinski definition) is 0. The summed E-state index contributed by atoms with van der Waals surface area (Å²) in [6, 6.07) is 21.1. The summed E-state index contributed by atoms with van der Waals surface area (Å²) in [5.74, 6) is 0.753. The molecule has 4 aromatic rings. The van der Waals surface area contributed by atoms with Crippen molar-refractivity contribution in [3.63, 3.8) is 0 Å². The number of esters is 1. The fourth-order valence-electron chi connectivity index (χ4n) is 3.20. The number of carbonyl (C=O) groups is 1. The minimum Gasteiger partial charge on any atom is -0.497 e. The standard InChI is InChI=1S/C25H20O6/c1-28-19-13-11-17(12-14-19)23-24(22(26)20-5-3-4-6-21(20)31-23)30-15-16-7-9-18(10-8-16)25(27)29-2/h3-14H,15H2,1-2H3. The van der Waals surface area contributed by atoms with Gasteiger partial charge in [-0.15, -0.1) is 0 Å². The van der Waals surface area contributed by atoms with Crippen molar-refractivity contribution >= 4 is 16.9 Å². The Morgan fingerprint density at radius 3 is 2.29 bits per heavy atom. The lowest BCUT2D eigenvalue weighted by atomic mass is 10.1. The summed E-state index contributed by atoms with van der Waals surface area (Å²) in [5.41, 5.74) is 2.16. The van der Waals surface area contributed by atoms with Gasteiger partial charge in [0.05, 0.1) is 25.2 Å². The number of para-hydroxylation sites is 1. The maximum absolute atomic E-state index is 13.2.